The Labute approximate surface area is 921 Å². The van der Waals surface area contributed by atoms with Gasteiger partial charge in [-0.15, -0.1) is 0 Å². The van der Waals surface area contributed by atoms with E-state index in [0.717, 1.165) is 165 Å². The Morgan fingerprint density at radius 2 is 0.383 bits per heavy atom. The standard InChI is InChI=1S/C24H44O6.C22H40O4.C19H34O5.C16H30O4.C16H28O4.C10H18O4.C10H16O4.Na/c1-4-5-6-7-8-9-10-11-12-13-14-15-16-17-18-19-22(25)29-21(3)24(28)30-20(2)23(26)27;1-2-3-4-5-6-7-8-9-10-11-12-13-14-15-16-17-20-26-22(25)19-18-21(23)24;1-5-6-7-8-9-10-11-12-13-14-18(21)23-17(4)19(22)24-16(3)15(2)20;2*1-2-3-4-5-6-7-8-9-10-11-14-20-16(19)13-12-15(17)18;2*1-2-3-4-5-8-14-10(13)7-6-9(11)12;/h20-21H,4-19H2,1-3H3,(H,26,27);18-19H,2-17,20H2,1H3,(H,23,24);16-17H,5-14H2,1-4H3;2-14H2,1H3,(H,17,18);12-13H,2-11,14H2,1H3,(H,17,18);2-8H2,1H3,(H,11,12);6-7H,2-5,8H2,1H3,(H,11,12);/q;;;;;;;+1/p-1/b;19-18-;;;13-12-;;7-6-;. The summed E-state index contributed by atoms with van der Waals surface area (Å²) in [7, 11) is 0. The van der Waals surface area contributed by atoms with E-state index >= 15 is 0 Å². The van der Waals surface area contributed by atoms with Gasteiger partial charge < -0.3 is 78.1 Å². The molecule has 4 atom stereocenters. The number of carboxylic acids is 6. The van der Waals surface area contributed by atoms with E-state index in [1.165, 1.54) is 343 Å². The summed E-state index contributed by atoms with van der Waals surface area (Å²) in [6.45, 7) is 24.2. The number of carbonyl (C=O) groups excluding carboxylic acids is 11. The molecule has 0 bridgehead atoms. The average molecular weight is 2130 g/mol. The van der Waals surface area contributed by atoms with Gasteiger partial charge in [0.15, 0.2) is 24.1 Å². The fourth-order valence-electron chi connectivity index (χ4n) is 14.4. The Kier molecular flexibility index (Phi) is 133. The van der Waals surface area contributed by atoms with Gasteiger partial charge in [-0.05, 0) is 79.6 Å². The molecule has 4 unspecified atom stereocenters. The minimum absolute atomic E-state index is 0. The monoisotopic (exact) mass is 2130 g/mol. The zero-order valence-corrected chi connectivity index (χ0v) is 97.5. The fraction of sp³-hybridized carbons (Fsp3) is 0.812. The molecule has 0 aromatic heterocycles. The number of hydrogen-bond acceptors (Lipinski definition) is 26. The molecule has 149 heavy (non-hydrogen) atoms. The molecule has 864 valence electrons. The first-order chi connectivity index (χ1) is 71.1. The van der Waals surface area contributed by atoms with Gasteiger partial charge in [0.05, 0.1) is 64.7 Å². The summed E-state index contributed by atoms with van der Waals surface area (Å²) in [6, 6.07) is 0. The van der Waals surface area contributed by atoms with Crippen LogP contribution in [0.5, 0.6) is 0 Å². The van der Waals surface area contributed by atoms with Crippen molar-refractivity contribution >= 4 is 95.3 Å². The predicted molar refractivity (Wildman–Crippen MR) is 580 cm³/mol. The Hall–Kier alpha value is -8.06. The van der Waals surface area contributed by atoms with E-state index < -0.39 is 114 Å². The molecular weight excluding hydrogens is 1920 g/mol. The number of unbranched alkanes of at least 4 members (excludes halogenated alkanes) is 61. The molecule has 0 spiro atoms. The van der Waals surface area contributed by atoms with Crippen molar-refractivity contribution in [2.24, 2.45) is 0 Å². The molecule has 0 heterocycles. The number of ketones is 1. The van der Waals surface area contributed by atoms with Crippen LogP contribution in [-0.2, 0) is 119 Å². The number of Topliss-reactive ketones (excluding diaryl/α,β-unsaturated/α-hetero) is 1. The van der Waals surface area contributed by atoms with Crippen LogP contribution in [0.15, 0.2) is 36.5 Å². The Bertz CT molecular complexity index is 3300. The molecule has 0 saturated heterocycles. The number of hydrogen-bond donors (Lipinski definition) is 5. The molecule has 0 aliphatic heterocycles. The summed E-state index contributed by atoms with van der Waals surface area (Å²) in [5.74, 6) is -12.0. The van der Waals surface area contributed by atoms with Crippen molar-refractivity contribution in [1.82, 2.24) is 0 Å². The van der Waals surface area contributed by atoms with Gasteiger partial charge in [-0.25, -0.2) is 38.4 Å². The van der Waals surface area contributed by atoms with Gasteiger partial charge in [0.25, 0.3) is 0 Å². The number of aliphatic carboxylic acids is 6. The van der Waals surface area contributed by atoms with Crippen LogP contribution < -0.4 is 34.7 Å². The third-order valence-corrected chi connectivity index (χ3v) is 23.7. The summed E-state index contributed by atoms with van der Waals surface area (Å²) in [6.07, 6.45) is 84.6. The topological polar surface area (TPSA) is 480 Å². The van der Waals surface area contributed by atoms with Crippen molar-refractivity contribution in [3.8, 4) is 0 Å². The maximum absolute atomic E-state index is 11.8. The molecule has 0 radical (unpaired) electrons. The van der Waals surface area contributed by atoms with Crippen LogP contribution in [0.3, 0.4) is 0 Å². The van der Waals surface area contributed by atoms with E-state index in [4.69, 9.17) is 63.4 Å². The molecule has 0 rings (SSSR count). The van der Waals surface area contributed by atoms with Crippen LogP contribution in [0.2, 0.25) is 0 Å². The van der Waals surface area contributed by atoms with Crippen LogP contribution in [-0.4, -0.2) is 178 Å². The molecule has 0 amide bonds. The normalized spacial score (nSPS) is 11.4. The first-order valence-electron chi connectivity index (χ1n) is 57.6. The molecule has 0 saturated carbocycles. The Morgan fingerprint density at radius 3 is 0.564 bits per heavy atom. The predicted octanol–water partition coefficient (Wildman–Crippen LogP) is 24.8. The summed E-state index contributed by atoms with van der Waals surface area (Å²) >= 11 is 0. The van der Waals surface area contributed by atoms with Crippen molar-refractivity contribution in [3.05, 3.63) is 36.5 Å². The maximum atomic E-state index is 11.8. The van der Waals surface area contributed by atoms with Gasteiger partial charge in [-0.3, -0.25) is 33.6 Å². The second kappa shape index (κ2) is 127. The van der Waals surface area contributed by atoms with Crippen molar-refractivity contribution in [3.63, 3.8) is 0 Å². The van der Waals surface area contributed by atoms with E-state index in [2.05, 4.69) is 53.2 Å². The van der Waals surface area contributed by atoms with Crippen molar-refractivity contribution in [2.45, 2.75) is 583 Å². The van der Waals surface area contributed by atoms with Crippen LogP contribution in [0.25, 0.3) is 0 Å². The van der Waals surface area contributed by atoms with E-state index in [1.54, 1.807) is 0 Å². The second-order valence-electron chi connectivity index (χ2n) is 38.2. The summed E-state index contributed by atoms with van der Waals surface area (Å²) in [5.41, 5.74) is 0. The molecule has 0 fully saturated rings. The number of esters is 9. The van der Waals surface area contributed by atoms with E-state index in [0.29, 0.717) is 39.5 Å². The Balaban J connectivity index is -0.000000263. The molecule has 5 N–H and O–H groups in total. The molecule has 0 aliphatic rings. The van der Waals surface area contributed by atoms with Crippen molar-refractivity contribution < 1.29 is 180 Å². The molecule has 0 aromatic carbocycles. The number of carboxylic acid groups (broad SMARTS) is 6. The first kappa shape index (κ1) is 156. The number of ether oxygens (including phenoxy) is 9. The zero-order chi connectivity index (χ0) is 112. The fourth-order valence-corrected chi connectivity index (χ4v) is 14.4. The molecule has 32 heteroatoms. The van der Waals surface area contributed by atoms with Crippen LogP contribution in [0.1, 0.15) is 558 Å². The van der Waals surface area contributed by atoms with Crippen molar-refractivity contribution in [1.29, 1.82) is 0 Å². The summed E-state index contributed by atoms with van der Waals surface area (Å²) in [5, 5.41) is 52.2. The van der Waals surface area contributed by atoms with Crippen LogP contribution >= 0.6 is 0 Å². The van der Waals surface area contributed by atoms with Crippen LogP contribution in [0, 0.1) is 0 Å². The molecule has 31 nitrogen and oxygen atoms in total. The van der Waals surface area contributed by atoms with Gasteiger partial charge in [0, 0.05) is 49.3 Å². The summed E-state index contributed by atoms with van der Waals surface area (Å²) in [4.78, 5) is 174. The average Bonchev–Trinajstić information content (AvgIpc) is 0.923. The maximum Gasteiger partial charge on any atom is 1.00 e. The smallest absolute Gasteiger partial charge is 0.546 e. The van der Waals surface area contributed by atoms with E-state index in [1.807, 2.05) is 0 Å². The van der Waals surface area contributed by atoms with Gasteiger partial charge in [0.1, 0.15) is 6.10 Å². The number of rotatable bonds is 95. The van der Waals surface area contributed by atoms with Gasteiger partial charge in [0.2, 0.25) is 0 Å². The molecule has 0 aromatic rings. The third kappa shape index (κ3) is 144. The molecular formula is C117H209NaO31. The van der Waals surface area contributed by atoms with E-state index in [9.17, 15) is 81.8 Å². The van der Waals surface area contributed by atoms with Gasteiger partial charge >= 0.3 is 113 Å². The minimum atomic E-state index is -1.49. The number of carbonyl (C=O) groups is 16. The zero-order valence-electron chi connectivity index (χ0n) is 95.5. The largest absolute Gasteiger partial charge is 1.00 e. The van der Waals surface area contributed by atoms with Crippen molar-refractivity contribution in [2.75, 3.05) is 33.0 Å². The summed E-state index contributed by atoms with van der Waals surface area (Å²) < 4.78 is 43.9. The van der Waals surface area contributed by atoms with Gasteiger partial charge in [-0.2, -0.15) is 0 Å². The Morgan fingerprint density at radius 1 is 0.208 bits per heavy atom. The minimum Gasteiger partial charge on any atom is -0.546 e. The van der Waals surface area contributed by atoms with Crippen LogP contribution in [0.4, 0.5) is 0 Å². The molecule has 0 aliphatic carbocycles. The quantitative estimate of drug-likeness (QED) is 0.0124. The van der Waals surface area contributed by atoms with Gasteiger partial charge in [-0.1, -0.05) is 440 Å². The SMILES string of the molecule is CCCCCCCCCCCC(=O)OC(C)C(=O)OC(C)C(C)=O.CCCCCCCCCCCCCCCCCC(=O)OC(C)C(=O)OC(C)C(=O)[O-].CCCCCCCCCCCCCCCCCCOC(=O)/C=C\C(=O)O.CCCCCCCCCCCCOC(=O)/C=C\C(=O)O.CCCCCCCCCCCCOC(=O)CCC(=O)O.CCCCCCOC(=O)/C=C\C(=O)O.CCCCCCOC(=O)CCC(=O)O.[Na+]. The van der Waals surface area contributed by atoms with E-state index in [-0.39, 0.29) is 67.4 Å². The second-order valence-corrected chi connectivity index (χ2v) is 38.2. The first-order valence-corrected chi connectivity index (χ1v) is 57.6. The third-order valence-electron chi connectivity index (χ3n) is 23.7.